The van der Waals surface area contributed by atoms with Crippen molar-refractivity contribution in [3.05, 3.63) is 32.8 Å². The summed E-state index contributed by atoms with van der Waals surface area (Å²) in [5.41, 5.74) is 0.0835. The molecule has 0 bridgehead atoms. The molecule has 3 heterocycles. The minimum absolute atomic E-state index is 0.0339. The summed E-state index contributed by atoms with van der Waals surface area (Å²) in [5.74, 6) is -0.582. The second kappa shape index (κ2) is 5.44. The summed E-state index contributed by atoms with van der Waals surface area (Å²) < 4.78 is 7.55. The molecule has 0 radical (unpaired) electrons. The van der Waals surface area contributed by atoms with Crippen LogP contribution in [-0.4, -0.2) is 44.3 Å². The van der Waals surface area contributed by atoms with Crippen LogP contribution in [0.4, 0.5) is 0 Å². The summed E-state index contributed by atoms with van der Waals surface area (Å²) in [5, 5.41) is 21.2. The zero-order valence-corrected chi connectivity index (χ0v) is 13.8. The third kappa shape index (κ3) is 2.55. The summed E-state index contributed by atoms with van der Waals surface area (Å²) in [6.45, 7) is 1.10. The summed E-state index contributed by atoms with van der Waals surface area (Å²) >= 11 is 5.09. The van der Waals surface area contributed by atoms with E-state index in [2.05, 4.69) is 15.9 Å². The van der Waals surface area contributed by atoms with E-state index in [0.717, 1.165) is 11.5 Å². The van der Waals surface area contributed by atoms with Crippen LogP contribution in [0.1, 0.15) is 5.76 Å². The number of aliphatic hydroxyl groups is 2. The van der Waals surface area contributed by atoms with Gasteiger partial charge in [-0.15, -0.1) is 0 Å². The maximum atomic E-state index is 12.1. The minimum Gasteiger partial charge on any atom is -0.452 e. The Balaban J connectivity index is 2.10. The fraction of sp³-hybridized carbons (Fsp3) is 0.462. The van der Waals surface area contributed by atoms with Crippen molar-refractivity contribution in [2.45, 2.75) is 5.91 Å². The first kappa shape index (κ1) is 15.1. The van der Waals surface area contributed by atoms with Gasteiger partial charge in [0, 0.05) is 43.9 Å². The first-order chi connectivity index (χ1) is 9.91. The standard InChI is InChI=1S/C13H15BrN2O4S/c1-15-7-9(14)11-8(12(15)17)6-10(20-11)13(18,19)16-2-4-21-5-3-16/h6-7,18-19H,2-5H2,1H3. The maximum absolute atomic E-state index is 12.1. The highest BCUT2D eigenvalue weighted by Crippen LogP contribution is 2.32. The van der Waals surface area contributed by atoms with Crippen LogP contribution in [0, 0.1) is 0 Å². The fourth-order valence-electron chi connectivity index (χ4n) is 2.40. The average Bonchev–Trinajstić information content (AvgIpc) is 2.92. The molecule has 0 unspecified atom stereocenters. The van der Waals surface area contributed by atoms with Crippen LogP contribution >= 0.6 is 27.7 Å². The molecule has 0 atom stereocenters. The number of thioether (sulfide) groups is 1. The molecule has 2 N–H and O–H groups in total. The molecule has 1 aliphatic heterocycles. The lowest BCUT2D eigenvalue weighted by Crippen LogP contribution is -2.49. The monoisotopic (exact) mass is 374 g/mol. The van der Waals surface area contributed by atoms with Gasteiger partial charge in [-0.1, -0.05) is 0 Å². The van der Waals surface area contributed by atoms with E-state index in [1.807, 2.05) is 0 Å². The lowest BCUT2D eigenvalue weighted by atomic mass is 10.2. The predicted octanol–water partition coefficient (Wildman–Crippen LogP) is 1.04. The van der Waals surface area contributed by atoms with Crippen molar-refractivity contribution in [3.8, 4) is 0 Å². The van der Waals surface area contributed by atoms with Crippen LogP contribution in [0.2, 0.25) is 0 Å². The van der Waals surface area contributed by atoms with E-state index in [9.17, 15) is 15.0 Å². The quantitative estimate of drug-likeness (QED) is 0.764. The molecule has 0 aliphatic carbocycles. The lowest BCUT2D eigenvalue weighted by Gasteiger charge is -2.35. The SMILES string of the molecule is Cn1cc(Br)c2oc(C(O)(O)N3CCSCC3)cc2c1=O. The van der Waals surface area contributed by atoms with E-state index >= 15 is 0 Å². The van der Waals surface area contributed by atoms with Gasteiger partial charge in [-0.25, -0.2) is 4.90 Å². The van der Waals surface area contributed by atoms with E-state index in [4.69, 9.17) is 4.42 Å². The number of aryl methyl sites for hydroxylation is 1. The Morgan fingerprint density at radius 3 is 2.71 bits per heavy atom. The van der Waals surface area contributed by atoms with Gasteiger partial charge < -0.3 is 19.2 Å². The van der Waals surface area contributed by atoms with E-state index in [1.54, 1.807) is 29.9 Å². The van der Waals surface area contributed by atoms with Crippen molar-refractivity contribution in [2.75, 3.05) is 24.6 Å². The van der Waals surface area contributed by atoms with Gasteiger partial charge in [0.05, 0.1) is 9.86 Å². The van der Waals surface area contributed by atoms with E-state index in [-0.39, 0.29) is 11.3 Å². The average molecular weight is 375 g/mol. The Kier molecular flexibility index (Phi) is 3.91. The molecule has 0 saturated carbocycles. The summed E-state index contributed by atoms with van der Waals surface area (Å²) in [6, 6.07) is 1.41. The van der Waals surface area contributed by atoms with Crippen LogP contribution in [0.15, 0.2) is 25.9 Å². The molecule has 114 valence electrons. The zero-order chi connectivity index (χ0) is 15.2. The molecule has 21 heavy (non-hydrogen) atoms. The number of furan rings is 1. The van der Waals surface area contributed by atoms with Crippen LogP contribution in [0.25, 0.3) is 11.0 Å². The van der Waals surface area contributed by atoms with Gasteiger partial charge in [0.15, 0.2) is 11.3 Å². The topological polar surface area (TPSA) is 78.8 Å². The smallest absolute Gasteiger partial charge is 0.287 e. The Labute approximate surface area is 133 Å². The molecular formula is C13H15BrN2O4S. The van der Waals surface area contributed by atoms with E-state index in [1.165, 1.54) is 10.6 Å². The van der Waals surface area contributed by atoms with Crippen LogP contribution in [0.3, 0.4) is 0 Å². The Morgan fingerprint density at radius 2 is 2.05 bits per heavy atom. The molecule has 6 nitrogen and oxygen atoms in total. The lowest BCUT2D eigenvalue weighted by molar-refractivity contribution is -0.282. The minimum atomic E-state index is -2.20. The molecule has 3 rings (SSSR count). The molecule has 0 aromatic carbocycles. The molecule has 0 amide bonds. The normalized spacial score (nSPS) is 17.5. The molecule has 2 aromatic rings. The van der Waals surface area contributed by atoms with Gasteiger partial charge in [-0.2, -0.15) is 11.8 Å². The first-order valence-electron chi connectivity index (χ1n) is 6.48. The van der Waals surface area contributed by atoms with Crippen LogP contribution in [-0.2, 0) is 13.0 Å². The summed E-state index contributed by atoms with van der Waals surface area (Å²) in [7, 11) is 1.63. The Morgan fingerprint density at radius 1 is 1.38 bits per heavy atom. The van der Waals surface area contributed by atoms with Gasteiger partial charge in [-0.05, 0) is 15.9 Å². The fourth-order valence-corrected chi connectivity index (χ4v) is 3.91. The summed E-state index contributed by atoms with van der Waals surface area (Å²) in [4.78, 5) is 13.6. The number of fused-ring (bicyclic) bond motifs is 1. The second-order valence-corrected chi connectivity index (χ2v) is 7.06. The molecule has 8 heteroatoms. The number of hydrogen-bond donors (Lipinski definition) is 2. The van der Waals surface area contributed by atoms with Gasteiger partial charge in [0.25, 0.3) is 11.5 Å². The van der Waals surface area contributed by atoms with Crippen LogP contribution in [0.5, 0.6) is 0 Å². The summed E-state index contributed by atoms with van der Waals surface area (Å²) in [6.07, 6.45) is 1.59. The Hall–Kier alpha value is -0.800. The number of nitrogens with zero attached hydrogens (tertiary/aromatic N) is 2. The molecule has 1 saturated heterocycles. The van der Waals surface area contributed by atoms with Crippen molar-refractivity contribution < 1.29 is 14.6 Å². The number of halogens is 1. The highest BCUT2D eigenvalue weighted by Gasteiger charge is 2.38. The van der Waals surface area contributed by atoms with Gasteiger partial charge in [0.2, 0.25) is 0 Å². The highest BCUT2D eigenvalue weighted by atomic mass is 79.9. The molecule has 2 aromatic heterocycles. The van der Waals surface area contributed by atoms with Crippen molar-refractivity contribution in [2.24, 2.45) is 7.05 Å². The number of hydrogen-bond acceptors (Lipinski definition) is 6. The van der Waals surface area contributed by atoms with Gasteiger partial charge >= 0.3 is 0 Å². The van der Waals surface area contributed by atoms with Crippen molar-refractivity contribution in [1.82, 2.24) is 9.47 Å². The van der Waals surface area contributed by atoms with Gasteiger partial charge in [0.1, 0.15) is 0 Å². The third-order valence-corrected chi connectivity index (χ3v) is 5.10. The number of pyridine rings is 1. The second-order valence-electron chi connectivity index (χ2n) is 4.98. The first-order valence-corrected chi connectivity index (χ1v) is 8.42. The third-order valence-electron chi connectivity index (χ3n) is 3.59. The van der Waals surface area contributed by atoms with Crippen molar-refractivity contribution in [1.29, 1.82) is 0 Å². The molecular weight excluding hydrogens is 360 g/mol. The molecule has 0 spiro atoms. The molecule has 1 fully saturated rings. The molecule has 1 aliphatic rings. The van der Waals surface area contributed by atoms with Crippen LogP contribution < -0.4 is 5.56 Å². The number of rotatable bonds is 2. The van der Waals surface area contributed by atoms with Crippen molar-refractivity contribution in [3.63, 3.8) is 0 Å². The Bertz CT molecular complexity index is 734. The zero-order valence-electron chi connectivity index (χ0n) is 11.4. The van der Waals surface area contributed by atoms with Gasteiger partial charge in [-0.3, -0.25) is 4.79 Å². The highest BCUT2D eigenvalue weighted by molar-refractivity contribution is 9.10. The van der Waals surface area contributed by atoms with E-state index < -0.39 is 5.91 Å². The predicted molar refractivity (Wildman–Crippen MR) is 84.2 cm³/mol. The maximum Gasteiger partial charge on any atom is 0.287 e. The largest absolute Gasteiger partial charge is 0.452 e. The van der Waals surface area contributed by atoms with E-state index in [0.29, 0.717) is 28.5 Å². The number of aromatic nitrogens is 1. The van der Waals surface area contributed by atoms with Crippen molar-refractivity contribution >= 4 is 38.7 Å².